The largest absolute Gasteiger partial charge is 0.456 e. The molecular formula is C45H28N2O2. The van der Waals surface area contributed by atoms with Gasteiger partial charge in [0.25, 0.3) is 0 Å². The zero-order valence-electron chi connectivity index (χ0n) is 26.4. The molecule has 0 fully saturated rings. The fraction of sp³-hybridized carbons (Fsp3) is 0. The van der Waals surface area contributed by atoms with Crippen LogP contribution in [0.1, 0.15) is 0 Å². The number of benzene rings is 7. The average Bonchev–Trinajstić information content (AvgIpc) is 3.74. The normalized spacial score (nSPS) is 11.7. The lowest BCUT2D eigenvalue weighted by molar-refractivity contribution is 0.669. The van der Waals surface area contributed by atoms with E-state index in [0.717, 1.165) is 82.8 Å². The van der Waals surface area contributed by atoms with Crippen molar-refractivity contribution in [2.24, 2.45) is 0 Å². The molecule has 0 N–H and O–H groups in total. The minimum atomic E-state index is 0.857. The van der Waals surface area contributed by atoms with Crippen LogP contribution < -0.4 is 4.90 Å². The molecule has 0 saturated heterocycles. The van der Waals surface area contributed by atoms with Crippen molar-refractivity contribution in [3.05, 3.63) is 170 Å². The van der Waals surface area contributed by atoms with Crippen molar-refractivity contribution < 1.29 is 8.83 Å². The third-order valence-corrected chi connectivity index (χ3v) is 9.57. The molecule has 0 unspecified atom stereocenters. The second kappa shape index (κ2) is 11.0. The van der Waals surface area contributed by atoms with Crippen LogP contribution >= 0.6 is 0 Å². The van der Waals surface area contributed by atoms with E-state index in [-0.39, 0.29) is 0 Å². The number of hydrogen-bond acceptors (Lipinski definition) is 4. The Morgan fingerprint density at radius 1 is 0.388 bits per heavy atom. The quantitative estimate of drug-likeness (QED) is 0.190. The molecule has 0 spiro atoms. The molecule has 0 atom stereocenters. The van der Waals surface area contributed by atoms with E-state index in [1.165, 1.54) is 11.1 Å². The minimum Gasteiger partial charge on any atom is -0.456 e. The highest BCUT2D eigenvalue weighted by Gasteiger charge is 2.17. The number of pyridine rings is 1. The molecule has 49 heavy (non-hydrogen) atoms. The number of fused-ring (bicyclic) bond motifs is 8. The molecular weight excluding hydrogens is 601 g/mol. The highest BCUT2D eigenvalue weighted by atomic mass is 16.3. The standard InChI is InChI=1S/C45H28N2O2/c1-2-6-29(7-3-1)30-10-16-34(17-11-30)47(36-20-23-39-38-8-4-5-9-42(38)48-44(39)27-36)35-18-12-31(13-19-35)32-14-21-37-33(26-32)15-22-40-41-28-46-25-24-43(41)49-45(37)40/h1-28H. The van der Waals surface area contributed by atoms with Crippen molar-refractivity contribution in [2.45, 2.75) is 0 Å². The molecule has 3 aromatic heterocycles. The molecule has 4 heteroatoms. The number of anilines is 3. The van der Waals surface area contributed by atoms with Crippen LogP contribution in [0.25, 0.3) is 76.9 Å². The molecule has 10 rings (SSSR count). The first kappa shape index (κ1) is 27.5. The molecule has 7 aromatic carbocycles. The van der Waals surface area contributed by atoms with Crippen LogP contribution in [0.2, 0.25) is 0 Å². The maximum Gasteiger partial charge on any atom is 0.143 e. The van der Waals surface area contributed by atoms with Crippen molar-refractivity contribution >= 4 is 71.7 Å². The zero-order valence-corrected chi connectivity index (χ0v) is 26.4. The van der Waals surface area contributed by atoms with Crippen LogP contribution in [0, 0.1) is 0 Å². The second-order valence-corrected chi connectivity index (χ2v) is 12.4. The van der Waals surface area contributed by atoms with Crippen LogP contribution in [0.3, 0.4) is 0 Å². The molecule has 0 aliphatic carbocycles. The molecule has 0 amide bonds. The summed E-state index contributed by atoms with van der Waals surface area (Å²) >= 11 is 0. The van der Waals surface area contributed by atoms with Gasteiger partial charge in [-0.05, 0) is 94.4 Å². The summed E-state index contributed by atoms with van der Waals surface area (Å²) in [4.78, 5) is 6.59. The Hall–Kier alpha value is -6.65. The van der Waals surface area contributed by atoms with Gasteiger partial charge in [0.05, 0.1) is 0 Å². The Morgan fingerprint density at radius 2 is 1.00 bits per heavy atom. The average molecular weight is 629 g/mol. The van der Waals surface area contributed by atoms with Crippen LogP contribution in [-0.2, 0) is 0 Å². The van der Waals surface area contributed by atoms with Gasteiger partial charge in [0.15, 0.2) is 0 Å². The number of para-hydroxylation sites is 1. The Labute approximate surface area is 282 Å². The monoisotopic (exact) mass is 628 g/mol. The first-order chi connectivity index (χ1) is 24.3. The summed E-state index contributed by atoms with van der Waals surface area (Å²) in [5.41, 5.74) is 11.4. The van der Waals surface area contributed by atoms with E-state index in [1.54, 1.807) is 6.20 Å². The fourth-order valence-electron chi connectivity index (χ4n) is 7.12. The molecule has 0 bridgehead atoms. The summed E-state index contributed by atoms with van der Waals surface area (Å²) < 4.78 is 12.6. The number of furan rings is 2. The van der Waals surface area contributed by atoms with Crippen molar-refractivity contribution in [3.8, 4) is 22.3 Å². The second-order valence-electron chi connectivity index (χ2n) is 12.4. The number of rotatable bonds is 5. The van der Waals surface area contributed by atoms with Gasteiger partial charge in [0, 0.05) is 62.5 Å². The van der Waals surface area contributed by atoms with Gasteiger partial charge in [-0.15, -0.1) is 0 Å². The minimum absolute atomic E-state index is 0.857. The fourth-order valence-corrected chi connectivity index (χ4v) is 7.12. The lowest BCUT2D eigenvalue weighted by Gasteiger charge is -2.26. The Balaban J connectivity index is 1.05. The van der Waals surface area contributed by atoms with Crippen molar-refractivity contribution in [1.82, 2.24) is 4.98 Å². The van der Waals surface area contributed by atoms with E-state index >= 15 is 0 Å². The Morgan fingerprint density at radius 3 is 1.82 bits per heavy atom. The van der Waals surface area contributed by atoms with Gasteiger partial charge in [-0.1, -0.05) is 84.9 Å². The summed E-state index contributed by atoms with van der Waals surface area (Å²) in [7, 11) is 0. The van der Waals surface area contributed by atoms with E-state index in [2.05, 4.69) is 143 Å². The van der Waals surface area contributed by atoms with Gasteiger partial charge < -0.3 is 13.7 Å². The lowest BCUT2D eigenvalue weighted by Crippen LogP contribution is -2.09. The van der Waals surface area contributed by atoms with Crippen LogP contribution in [0.5, 0.6) is 0 Å². The number of nitrogens with zero attached hydrogens (tertiary/aromatic N) is 2. The van der Waals surface area contributed by atoms with E-state index < -0.39 is 0 Å². The SMILES string of the molecule is c1ccc(-c2ccc(N(c3ccc(-c4ccc5c(ccc6c7cnccc7oc56)c4)cc3)c3ccc4c(c3)oc3ccccc34)cc2)cc1. The molecule has 10 aromatic rings. The molecule has 3 heterocycles. The van der Waals surface area contributed by atoms with Crippen molar-refractivity contribution in [1.29, 1.82) is 0 Å². The van der Waals surface area contributed by atoms with Gasteiger partial charge in [-0.3, -0.25) is 4.98 Å². The van der Waals surface area contributed by atoms with E-state index in [1.807, 2.05) is 30.5 Å². The van der Waals surface area contributed by atoms with Gasteiger partial charge in [-0.25, -0.2) is 0 Å². The molecule has 4 nitrogen and oxygen atoms in total. The first-order valence-corrected chi connectivity index (χ1v) is 16.4. The van der Waals surface area contributed by atoms with Crippen molar-refractivity contribution in [2.75, 3.05) is 4.90 Å². The maximum atomic E-state index is 6.31. The predicted octanol–water partition coefficient (Wildman–Crippen LogP) is 12.8. The number of hydrogen-bond donors (Lipinski definition) is 0. The van der Waals surface area contributed by atoms with E-state index in [4.69, 9.17) is 8.83 Å². The first-order valence-electron chi connectivity index (χ1n) is 16.4. The lowest BCUT2D eigenvalue weighted by atomic mass is 9.99. The molecule has 0 aliphatic heterocycles. The Bertz CT molecular complexity index is 2810. The zero-order chi connectivity index (χ0) is 32.3. The summed E-state index contributed by atoms with van der Waals surface area (Å²) in [5.74, 6) is 0. The summed E-state index contributed by atoms with van der Waals surface area (Å²) in [6, 6.07) is 55.6. The van der Waals surface area contributed by atoms with Gasteiger partial charge in [0.2, 0.25) is 0 Å². The van der Waals surface area contributed by atoms with E-state index in [0.29, 0.717) is 0 Å². The van der Waals surface area contributed by atoms with Crippen LogP contribution in [0.4, 0.5) is 17.1 Å². The highest BCUT2D eigenvalue weighted by Crippen LogP contribution is 2.40. The van der Waals surface area contributed by atoms with Gasteiger partial charge in [0.1, 0.15) is 22.3 Å². The van der Waals surface area contributed by atoms with E-state index in [9.17, 15) is 0 Å². The third kappa shape index (κ3) is 4.57. The predicted molar refractivity (Wildman–Crippen MR) is 202 cm³/mol. The van der Waals surface area contributed by atoms with Crippen molar-refractivity contribution in [3.63, 3.8) is 0 Å². The third-order valence-electron chi connectivity index (χ3n) is 9.57. The number of aromatic nitrogens is 1. The van der Waals surface area contributed by atoms with Gasteiger partial charge >= 0.3 is 0 Å². The molecule has 0 saturated carbocycles. The maximum absolute atomic E-state index is 6.31. The topological polar surface area (TPSA) is 42.4 Å². The van der Waals surface area contributed by atoms with Crippen LogP contribution in [0.15, 0.2) is 179 Å². The summed E-state index contributed by atoms with van der Waals surface area (Å²) in [6.07, 6.45) is 3.64. The molecule has 0 aliphatic rings. The summed E-state index contributed by atoms with van der Waals surface area (Å²) in [6.45, 7) is 0. The van der Waals surface area contributed by atoms with Gasteiger partial charge in [-0.2, -0.15) is 0 Å². The van der Waals surface area contributed by atoms with Crippen LogP contribution in [-0.4, -0.2) is 4.98 Å². The smallest absolute Gasteiger partial charge is 0.143 e. The highest BCUT2D eigenvalue weighted by molar-refractivity contribution is 6.15. The molecule has 0 radical (unpaired) electrons. The molecule has 230 valence electrons. The summed E-state index contributed by atoms with van der Waals surface area (Å²) in [5, 5.41) is 6.60. The Kier molecular flexibility index (Phi) is 6.15.